The lowest BCUT2D eigenvalue weighted by Crippen LogP contribution is -2.29. The molecule has 1 amide bonds. The maximum Gasteiger partial charge on any atom is 0.244 e. The van der Waals surface area contributed by atoms with Gasteiger partial charge in [-0.15, -0.1) is 11.3 Å². The molecule has 0 radical (unpaired) electrons. The highest BCUT2D eigenvalue weighted by atomic mass is 32.2. The third-order valence-electron chi connectivity index (χ3n) is 4.52. The van der Waals surface area contributed by atoms with Gasteiger partial charge in [0.15, 0.2) is 0 Å². The first-order chi connectivity index (χ1) is 12.9. The summed E-state index contributed by atoms with van der Waals surface area (Å²) in [5, 5.41) is 5.06. The summed E-state index contributed by atoms with van der Waals surface area (Å²) in [6, 6.07) is 11.2. The van der Waals surface area contributed by atoms with Crippen LogP contribution in [-0.4, -0.2) is 26.6 Å². The van der Waals surface area contributed by atoms with Crippen LogP contribution in [0.1, 0.15) is 36.8 Å². The first-order valence-corrected chi connectivity index (χ1v) is 11.5. The zero-order valence-corrected chi connectivity index (χ0v) is 17.1. The van der Waals surface area contributed by atoms with E-state index in [1.54, 1.807) is 29.5 Å². The lowest BCUT2D eigenvalue weighted by molar-refractivity contribution is -0.117. The van der Waals surface area contributed by atoms with Gasteiger partial charge in [-0.3, -0.25) is 9.10 Å². The van der Waals surface area contributed by atoms with Crippen molar-refractivity contribution < 1.29 is 13.2 Å². The second-order valence-corrected chi connectivity index (χ2v) is 9.90. The largest absolute Gasteiger partial charge is 0.345 e. The van der Waals surface area contributed by atoms with E-state index in [1.807, 2.05) is 29.6 Å². The SMILES string of the molecule is CC(C)C(NC(=O)/C=C/c1ccc(N2CCCS2(=O)=O)cc1)c1cccs1. The van der Waals surface area contributed by atoms with Crippen LogP contribution in [0.25, 0.3) is 6.08 Å². The van der Waals surface area contributed by atoms with Gasteiger partial charge in [0, 0.05) is 17.5 Å². The predicted octanol–water partition coefficient (Wildman–Crippen LogP) is 3.81. The van der Waals surface area contributed by atoms with Crippen LogP contribution < -0.4 is 9.62 Å². The van der Waals surface area contributed by atoms with Crippen molar-refractivity contribution in [2.45, 2.75) is 26.3 Å². The molecule has 1 atom stereocenters. The first-order valence-electron chi connectivity index (χ1n) is 8.99. The van der Waals surface area contributed by atoms with Gasteiger partial charge in [-0.2, -0.15) is 0 Å². The summed E-state index contributed by atoms with van der Waals surface area (Å²) < 4.78 is 25.4. The van der Waals surface area contributed by atoms with E-state index in [1.165, 1.54) is 10.4 Å². The van der Waals surface area contributed by atoms with Crippen molar-refractivity contribution in [2.24, 2.45) is 5.92 Å². The highest BCUT2D eigenvalue weighted by Gasteiger charge is 2.28. The molecule has 7 heteroatoms. The minimum atomic E-state index is -3.17. The predicted molar refractivity (Wildman–Crippen MR) is 111 cm³/mol. The molecule has 2 aromatic rings. The number of hydrogen-bond donors (Lipinski definition) is 1. The van der Waals surface area contributed by atoms with Crippen LogP contribution in [0.4, 0.5) is 5.69 Å². The molecule has 1 aliphatic rings. The zero-order valence-electron chi connectivity index (χ0n) is 15.5. The highest BCUT2D eigenvalue weighted by molar-refractivity contribution is 7.93. The Morgan fingerprint density at radius 3 is 2.52 bits per heavy atom. The van der Waals surface area contributed by atoms with Crippen LogP contribution in [0, 0.1) is 5.92 Å². The van der Waals surface area contributed by atoms with Crippen LogP contribution in [0.15, 0.2) is 47.9 Å². The topological polar surface area (TPSA) is 66.5 Å². The Labute approximate surface area is 164 Å². The van der Waals surface area contributed by atoms with Crippen molar-refractivity contribution in [3.05, 3.63) is 58.3 Å². The fraction of sp³-hybridized carbons (Fsp3) is 0.350. The summed E-state index contributed by atoms with van der Waals surface area (Å²) in [4.78, 5) is 13.4. The molecule has 0 bridgehead atoms. The van der Waals surface area contributed by atoms with Gasteiger partial charge in [0.2, 0.25) is 15.9 Å². The molecule has 1 fully saturated rings. The number of nitrogens with one attached hydrogen (secondary N) is 1. The molecular formula is C20H24N2O3S2. The van der Waals surface area contributed by atoms with Gasteiger partial charge in [-0.05, 0) is 47.6 Å². The fourth-order valence-corrected chi connectivity index (χ4v) is 5.60. The summed E-state index contributed by atoms with van der Waals surface area (Å²) >= 11 is 1.64. The molecule has 0 spiro atoms. The number of amides is 1. The lowest BCUT2D eigenvalue weighted by Gasteiger charge is -2.20. The highest BCUT2D eigenvalue weighted by Crippen LogP contribution is 2.26. The van der Waals surface area contributed by atoms with E-state index in [9.17, 15) is 13.2 Å². The van der Waals surface area contributed by atoms with Crippen molar-refractivity contribution >= 4 is 39.0 Å². The van der Waals surface area contributed by atoms with E-state index in [0.717, 1.165) is 10.4 Å². The number of hydrogen-bond acceptors (Lipinski definition) is 4. The minimum absolute atomic E-state index is 0.00935. The van der Waals surface area contributed by atoms with E-state index in [0.29, 0.717) is 24.6 Å². The molecule has 1 aromatic carbocycles. The maximum atomic E-state index is 12.3. The number of carbonyl (C=O) groups is 1. The molecule has 0 saturated carbocycles. The normalized spacial score (nSPS) is 17.5. The fourth-order valence-electron chi connectivity index (χ4n) is 3.09. The smallest absolute Gasteiger partial charge is 0.244 e. The Morgan fingerprint density at radius 1 is 1.22 bits per heavy atom. The van der Waals surface area contributed by atoms with E-state index in [2.05, 4.69) is 19.2 Å². The van der Waals surface area contributed by atoms with E-state index < -0.39 is 10.0 Å². The number of carbonyl (C=O) groups excluding carboxylic acids is 1. The molecule has 3 rings (SSSR count). The van der Waals surface area contributed by atoms with Gasteiger partial charge in [-0.25, -0.2) is 8.42 Å². The summed E-state index contributed by atoms with van der Waals surface area (Å²) in [6.45, 7) is 4.69. The third-order valence-corrected chi connectivity index (χ3v) is 7.35. The van der Waals surface area contributed by atoms with Gasteiger partial charge < -0.3 is 5.32 Å². The molecule has 0 aliphatic carbocycles. The average Bonchev–Trinajstić information content (AvgIpc) is 3.27. The number of rotatable bonds is 6. The number of nitrogens with zero attached hydrogens (tertiary/aromatic N) is 1. The van der Waals surface area contributed by atoms with Crippen LogP contribution in [0.2, 0.25) is 0 Å². The van der Waals surface area contributed by atoms with Gasteiger partial charge in [0.05, 0.1) is 17.5 Å². The second-order valence-electron chi connectivity index (χ2n) is 6.91. The molecule has 27 heavy (non-hydrogen) atoms. The molecule has 1 aromatic heterocycles. The summed E-state index contributed by atoms with van der Waals surface area (Å²) in [6.07, 6.45) is 3.92. The van der Waals surface area contributed by atoms with Crippen LogP contribution in [0.5, 0.6) is 0 Å². The molecule has 1 saturated heterocycles. The van der Waals surface area contributed by atoms with Gasteiger partial charge >= 0.3 is 0 Å². The molecular weight excluding hydrogens is 380 g/mol. The van der Waals surface area contributed by atoms with Gasteiger partial charge in [0.1, 0.15) is 0 Å². The number of benzene rings is 1. The standard InChI is InChI=1S/C20H24N2O3S2/c1-15(2)20(18-5-3-13-26-18)21-19(23)11-8-16-6-9-17(10-7-16)22-12-4-14-27(22,24)25/h3,5-11,13,15,20H,4,12,14H2,1-2H3,(H,21,23)/b11-8+. The third kappa shape index (κ3) is 4.78. The lowest BCUT2D eigenvalue weighted by atomic mass is 10.0. The molecule has 1 aliphatic heterocycles. The number of sulfonamides is 1. The molecule has 144 valence electrons. The van der Waals surface area contributed by atoms with Gasteiger partial charge in [0.25, 0.3) is 0 Å². The van der Waals surface area contributed by atoms with Crippen LogP contribution >= 0.6 is 11.3 Å². The minimum Gasteiger partial charge on any atom is -0.345 e. The number of thiophene rings is 1. The first kappa shape index (κ1) is 19.6. The monoisotopic (exact) mass is 404 g/mol. The quantitative estimate of drug-likeness (QED) is 0.745. The van der Waals surface area contributed by atoms with E-state index in [4.69, 9.17) is 0 Å². The molecule has 1 N–H and O–H groups in total. The Kier molecular flexibility index (Phi) is 6.01. The van der Waals surface area contributed by atoms with Gasteiger partial charge in [-0.1, -0.05) is 32.0 Å². The van der Waals surface area contributed by atoms with Crippen LogP contribution in [-0.2, 0) is 14.8 Å². The van der Waals surface area contributed by atoms with Crippen molar-refractivity contribution in [3.63, 3.8) is 0 Å². The van der Waals surface area contributed by atoms with Crippen molar-refractivity contribution in [3.8, 4) is 0 Å². The van der Waals surface area contributed by atoms with Crippen molar-refractivity contribution in [2.75, 3.05) is 16.6 Å². The average molecular weight is 405 g/mol. The molecule has 1 unspecified atom stereocenters. The van der Waals surface area contributed by atoms with Crippen molar-refractivity contribution in [1.82, 2.24) is 5.32 Å². The summed E-state index contributed by atoms with van der Waals surface area (Å²) in [5.41, 5.74) is 1.52. The zero-order chi connectivity index (χ0) is 19.4. The second kappa shape index (κ2) is 8.27. The molecule has 2 heterocycles. The van der Waals surface area contributed by atoms with Crippen molar-refractivity contribution in [1.29, 1.82) is 0 Å². The summed E-state index contributed by atoms with van der Waals surface area (Å²) in [7, 11) is -3.17. The number of anilines is 1. The Hall–Kier alpha value is -2.12. The summed E-state index contributed by atoms with van der Waals surface area (Å²) in [5.74, 6) is 0.354. The van der Waals surface area contributed by atoms with E-state index in [-0.39, 0.29) is 17.7 Å². The van der Waals surface area contributed by atoms with Crippen LogP contribution in [0.3, 0.4) is 0 Å². The van der Waals surface area contributed by atoms with E-state index >= 15 is 0 Å². The maximum absolute atomic E-state index is 12.3. The molecule has 5 nitrogen and oxygen atoms in total. The Morgan fingerprint density at radius 2 is 1.96 bits per heavy atom. The Bertz CT molecular complexity index is 901. The Balaban J connectivity index is 1.64.